The highest BCUT2D eigenvalue weighted by Crippen LogP contribution is 2.25. The smallest absolute Gasteiger partial charge is 0.228 e. The molecule has 3 aliphatic rings. The van der Waals surface area contributed by atoms with E-state index in [1.807, 2.05) is 4.90 Å². The largest absolute Gasteiger partial charge is 0.381 e. The molecule has 0 aromatic heterocycles. The Bertz CT molecular complexity index is 325. The first-order chi connectivity index (χ1) is 9.29. The average molecular weight is 268 g/mol. The van der Waals surface area contributed by atoms with Crippen LogP contribution in [0.5, 0.6) is 0 Å². The summed E-state index contributed by atoms with van der Waals surface area (Å²) in [5.41, 5.74) is 0. The van der Waals surface area contributed by atoms with Gasteiger partial charge in [0.2, 0.25) is 5.91 Å². The van der Waals surface area contributed by atoms with Gasteiger partial charge in [0.1, 0.15) is 0 Å². The fourth-order valence-corrected chi connectivity index (χ4v) is 3.52. The number of nitrogens with zero attached hydrogens (tertiary/aromatic N) is 2. The number of likely N-dealkylation sites (N-methyl/N-ethyl adjacent to an activating group) is 1. The minimum Gasteiger partial charge on any atom is -0.381 e. The monoisotopic (exact) mass is 268 g/mol. The first kappa shape index (κ1) is 13.3. The highest BCUT2D eigenvalue weighted by molar-refractivity contribution is 5.79. The minimum atomic E-state index is 0.0936. The molecule has 0 radical (unpaired) electrons. The molecule has 0 aromatic carbocycles. The molecule has 0 aromatic rings. The van der Waals surface area contributed by atoms with Crippen molar-refractivity contribution in [1.82, 2.24) is 9.80 Å². The minimum absolute atomic E-state index is 0.0936. The molecule has 3 rings (SSSR count). The average Bonchev–Trinajstić information content (AvgIpc) is 2.99. The molecule has 108 valence electrons. The van der Waals surface area contributed by atoms with Crippen LogP contribution in [0.1, 0.15) is 19.8 Å². The first-order valence-corrected chi connectivity index (χ1v) is 7.51. The standard InChI is InChI=1S/C14H24N2O3/c1-2-15-6-8-19-13-3-5-16(9-12(13)15)14(17)11-4-7-18-10-11/h11-13H,2-10H2,1H3/t11-,12+,13+/m1/s1. The predicted octanol–water partition coefficient (Wildman–Crippen LogP) is 0.345. The Morgan fingerprint density at radius 2 is 2.16 bits per heavy atom. The van der Waals surface area contributed by atoms with Crippen LogP contribution < -0.4 is 0 Å². The van der Waals surface area contributed by atoms with Crippen LogP contribution in [0.2, 0.25) is 0 Å². The van der Waals surface area contributed by atoms with Crippen LogP contribution in [0, 0.1) is 5.92 Å². The SMILES string of the molecule is CCN1CCO[C@H]2CCN(C(=O)[C@@H]3CCOC3)C[C@@H]21. The molecular formula is C14H24N2O3. The fourth-order valence-electron chi connectivity index (χ4n) is 3.52. The number of rotatable bonds is 2. The van der Waals surface area contributed by atoms with Crippen molar-refractivity contribution in [1.29, 1.82) is 0 Å². The molecule has 19 heavy (non-hydrogen) atoms. The van der Waals surface area contributed by atoms with Crippen LogP contribution >= 0.6 is 0 Å². The molecule has 3 atom stereocenters. The van der Waals surface area contributed by atoms with Crippen molar-refractivity contribution in [3.8, 4) is 0 Å². The molecule has 0 spiro atoms. The van der Waals surface area contributed by atoms with Crippen molar-refractivity contribution in [2.75, 3.05) is 46.0 Å². The summed E-state index contributed by atoms with van der Waals surface area (Å²) >= 11 is 0. The van der Waals surface area contributed by atoms with Crippen molar-refractivity contribution in [3.05, 3.63) is 0 Å². The normalized spacial score (nSPS) is 36.3. The highest BCUT2D eigenvalue weighted by atomic mass is 16.5. The van der Waals surface area contributed by atoms with Crippen molar-refractivity contribution >= 4 is 5.91 Å². The molecule has 3 fully saturated rings. The molecule has 0 saturated carbocycles. The lowest BCUT2D eigenvalue weighted by Crippen LogP contribution is -2.61. The van der Waals surface area contributed by atoms with Gasteiger partial charge in [0.15, 0.2) is 0 Å². The Kier molecular flexibility index (Phi) is 4.05. The third-order valence-corrected chi connectivity index (χ3v) is 4.70. The van der Waals surface area contributed by atoms with Crippen LogP contribution in [-0.4, -0.2) is 73.9 Å². The number of hydrogen-bond acceptors (Lipinski definition) is 4. The molecule has 3 heterocycles. The number of carbonyl (C=O) groups is 1. The van der Waals surface area contributed by atoms with Crippen molar-refractivity contribution < 1.29 is 14.3 Å². The number of amides is 1. The molecule has 5 nitrogen and oxygen atoms in total. The lowest BCUT2D eigenvalue weighted by Gasteiger charge is -2.47. The first-order valence-electron chi connectivity index (χ1n) is 7.51. The second-order valence-electron chi connectivity index (χ2n) is 5.74. The number of carbonyl (C=O) groups excluding carboxylic acids is 1. The Morgan fingerprint density at radius 1 is 1.26 bits per heavy atom. The predicted molar refractivity (Wildman–Crippen MR) is 70.9 cm³/mol. The van der Waals surface area contributed by atoms with E-state index in [4.69, 9.17) is 9.47 Å². The molecule has 1 amide bonds. The van der Waals surface area contributed by atoms with Gasteiger partial charge in [-0.3, -0.25) is 9.69 Å². The van der Waals surface area contributed by atoms with Crippen molar-refractivity contribution in [3.63, 3.8) is 0 Å². The number of morpholine rings is 1. The van der Waals surface area contributed by atoms with Crippen LogP contribution in [0.25, 0.3) is 0 Å². The zero-order valence-corrected chi connectivity index (χ0v) is 11.7. The summed E-state index contributed by atoms with van der Waals surface area (Å²) in [4.78, 5) is 17.0. The van der Waals surface area contributed by atoms with Gasteiger partial charge in [0.05, 0.1) is 31.3 Å². The number of likely N-dealkylation sites (tertiary alicyclic amines) is 1. The van der Waals surface area contributed by atoms with E-state index >= 15 is 0 Å². The highest BCUT2D eigenvalue weighted by Gasteiger charge is 2.39. The van der Waals surface area contributed by atoms with Gasteiger partial charge < -0.3 is 14.4 Å². The summed E-state index contributed by atoms with van der Waals surface area (Å²) in [7, 11) is 0. The van der Waals surface area contributed by atoms with E-state index in [-0.39, 0.29) is 11.8 Å². The fraction of sp³-hybridized carbons (Fsp3) is 0.929. The summed E-state index contributed by atoms with van der Waals surface area (Å²) < 4.78 is 11.2. The van der Waals surface area contributed by atoms with Crippen LogP contribution in [-0.2, 0) is 14.3 Å². The summed E-state index contributed by atoms with van der Waals surface area (Å²) in [6, 6.07) is 0.388. The van der Waals surface area contributed by atoms with Gasteiger partial charge in [0, 0.05) is 26.2 Å². The van der Waals surface area contributed by atoms with Gasteiger partial charge in [-0.05, 0) is 19.4 Å². The molecular weight excluding hydrogens is 244 g/mol. The molecule has 3 aliphatic heterocycles. The van der Waals surface area contributed by atoms with E-state index in [1.165, 1.54) is 0 Å². The van der Waals surface area contributed by atoms with Gasteiger partial charge >= 0.3 is 0 Å². The second-order valence-corrected chi connectivity index (χ2v) is 5.74. The van der Waals surface area contributed by atoms with Gasteiger partial charge in [-0.1, -0.05) is 6.92 Å². The second kappa shape index (κ2) is 5.77. The third kappa shape index (κ3) is 2.64. The van der Waals surface area contributed by atoms with Gasteiger partial charge in [-0.2, -0.15) is 0 Å². The molecule has 0 bridgehead atoms. The number of fused-ring (bicyclic) bond motifs is 1. The zero-order chi connectivity index (χ0) is 13.2. The van der Waals surface area contributed by atoms with Gasteiger partial charge in [0.25, 0.3) is 0 Å². The molecule has 3 saturated heterocycles. The molecule has 0 aliphatic carbocycles. The Balaban J connectivity index is 1.64. The van der Waals surface area contributed by atoms with E-state index in [0.29, 0.717) is 18.8 Å². The molecule has 0 unspecified atom stereocenters. The van der Waals surface area contributed by atoms with E-state index < -0.39 is 0 Å². The lowest BCUT2D eigenvalue weighted by atomic mass is 9.97. The maximum Gasteiger partial charge on any atom is 0.228 e. The number of hydrogen-bond donors (Lipinski definition) is 0. The summed E-state index contributed by atoms with van der Waals surface area (Å²) in [5.74, 6) is 0.383. The lowest BCUT2D eigenvalue weighted by molar-refractivity contribution is -0.146. The van der Waals surface area contributed by atoms with Crippen molar-refractivity contribution in [2.24, 2.45) is 5.92 Å². The van der Waals surface area contributed by atoms with E-state index in [1.54, 1.807) is 0 Å². The quantitative estimate of drug-likeness (QED) is 0.724. The summed E-state index contributed by atoms with van der Waals surface area (Å²) in [6.07, 6.45) is 2.18. The molecule has 5 heteroatoms. The van der Waals surface area contributed by atoms with Crippen LogP contribution in [0.4, 0.5) is 0 Å². The zero-order valence-electron chi connectivity index (χ0n) is 11.7. The Hall–Kier alpha value is -0.650. The van der Waals surface area contributed by atoms with E-state index in [0.717, 1.165) is 52.2 Å². The maximum absolute atomic E-state index is 12.5. The Labute approximate surface area is 114 Å². The Morgan fingerprint density at radius 3 is 2.89 bits per heavy atom. The van der Waals surface area contributed by atoms with E-state index in [2.05, 4.69) is 11.8 Å². The number of piperidine rings is 1. The maximum atomic E-state index is 12.5. The van der Waals surface area contributed by atoms with Gasteiger partial charge in [-0.25, -0.2) is 0 Å². The van der Waals surface area contributed by atoms with Gasteiger partial charge in [-0.15, -0.1) is 0 Å². The summed E-state index contributed by atoms with van der Waals surface area (Å²) in [6.45, 7) is 8.07. The third-order valence-electron chi connectivity index (χ3n) is 4.70. The topological polar surface area (TPSA) is 42.0 Å². The number of ether oxygens (including phenoxy) is 2. The molecule has 0 N–H and O–H groups in total. The van der Waals surface area contributed by atoms with Crippen molar-refractivity contribution in [2.45, 2.75) is 31.9 Å². The summed E-state index contributed by atoms with van der Waals surface area (Å²) in [5, 5.41) is 0. The van der Waals surface area contributed by atoms with Crippen LogP contribution in [0.15, 0.2) is 0 Å². The van der Waals surface area contributed by atoms with Crippen LogP contribution in [0.3, 0.4) is 0 Å². The van der Waals surface area contributed by atoms with E-state index in [9.17, 15) is 4.79 Å².